The largest absolute Gasteiger partial charge is 0.468 e. The van der Waals surface area contributed by atoms with Gasteiger partial charge in [-0.1, -0.05) is 23.7 Å². The van der Waals surface area contributed by atoms with Gasteiger partial charge >= 0.3 is 0 Å². The van der Waals surface area contributed by atoms with Crippen LogP contribution in [-0.2, 0) is 18.7 Å². The second-order valence-corrected chi connectivity index (χ2v) is 7.16. The SMILES string of the molecule is Clc1ccc(CCC(Cn2ccnc2)SCc2ccco2)cc1. The molecule has 2 aromatic heterocycles. The summed E-state index contributed by atoms with van der Waals surface area (Å²) in [6.45, 7) is 0.957. The predicted molar refractivity (Wildman–Crippen MR) is 95.8 cm³/mol. The zero-order chi connectivity index (χ0) is 15.9. The summed E-state index contributed by atoms with van der Waals surface area (Å²) in [7, 11) is 0. The Bertz CT molecular complexity index is 680. The monoisotopic (exact) mass is 346 g/mol. The van der Waals surface area contributed by atoms with E-state index in [-0.39, 0.29) is 0 Å². The topological polar surface area (TPSA) is 31.0 Å². The van der Waals surface area contributed by atoms with Crippen molar-refractivity contribution in [2.45, 2.75) is 30.4 Å². The number of aromatic nitrogens is 2. The van der Waals surface area contributed by atoms with Crippen LogP contribution in [0.4, 0.5) is 0 Å². The second-order valence-electron chi connectivity index (χ2n) is 5.44. The molecule has 0 bridgehead atoms. The zero-order valence-electron chi connectivity index (χ0n) is 12.8. The Hall–Kier alpha value is -1.65. The van der Waals surface area contributed by atoms with Gasteiger partial charge in [0.25, 0.3) is 0 Å². The van der Waals surface area contributed by atoms with Crippen LogP contribution >= 0.6 is 23.4 Å². The average molecular weight is 347 g/mol. The molecule has 0 N–H and O–H groups in total. The highest BCUT2D eigenvalue weighted by atomic mass is 35.5. The van der Waals surface area contributed by atoms with E-state index < -0.39 is 0 Å². The number of nitrogens with zero attached hydrogens (tertiary/aromatic N) is 2. The van der Waals surface area contributed by atoms with Gasteiger partial charge in [0.2, 0.25) is 0 Å². The van der Waals surface area contributed by atoms with Crippen molar-refractivity contribution in [1.29, 1.82) is 0 Å². The van der Waals surface area contributed by atoms with Crippen LogP contribution in [0.15, 0.2) is 65.8 Å². The Morgan fingerprint density at radius 2 is 2.09 bits per heavy atom. The van der Waals surface area contributed by atoms with Gasteiger partial charge in [0.1, 0.15) is 5.76 Å². The van der Waals surface area contributed by atoms with E-state index in [0.717, 1.165) is 35.9 Å². The fourth-order valence-corrected chi connectivity index (χ4v) is 3.68. The molecule has 5 heteroatoms. The number of imidazole rings is 1. The minimum atomic E-state index is 0.505. The molecule has 0 radical (unpaired) electrons. The van der Waals surface area contributed by atoms with E-state index in [1.807, 2.05) is 54.7 Å². The number of hydrogen-bond donors (Lipinski definition) is 0. The maximum atomic E-state index is 5.95. The van der Waals surface area contributed by atoms with Gasteiger partial charge in [0.05, 0.1) is 18.3 Å². The summed E-state index contributed by atoms with van der Waals surface area (Å²) in [5.41, 5.74) is 1.32. The maximum absolute atomic E-state index is 5.95. The summed E-state index contributed by atoms with van der Waals surface area (Å²) >= 11 is 7.88. The summed E-state index contributed by atoms with van der Waals surface area (Å²) < 4.78 is 7.58. The van der Waals surface area contributed by atoms with Crippen molar-refractivity contribution in [2.24, 2.45) is 0 Å². The molecular weight excluding hydrogens is 328 g/mol. The zero-order valence-corrected chi connectivity index (χ0v) is 14.3. The summed E-state index contributed by atoms with van der Waals surface area (Å²) in [4.78, 5) is 4.13. The molecule has 0 fully saturated rings. The van der Waals surface area contributed by atoms with Crippen molar-refractivity contribution < 1.29 is 4.42 Å². The van der Waals surface area contributed by atoms with Crippen LogP contribution in [-0.4, -0.2) is 14.8 Å². The third kappa shape index (κ3) is 5.19. The lowest BCUT2D eigenvalue weighted by Gasteiger charge is -2.17. The number of benzene rings is 1. The highest BCUT2D eigenvalue weighted by Crippen LogP contribution is 2.24. The van der Waals surface area contributed by atoms with Crippen LogP contribution in [0.2, 0.25) is 5.02 Å². The van der Waals surface area contributed by atoms with Gasteiger partial charge in [-0.05, 0) is 42.7 Å². The van der Waals surface area contributed by atoms with E-state index in [9.17, 15) is 0 Å². The first-order valence-electron chi connectivity index (χ1n) is 7.64. The first-order valence-corrected chi connectivity index (χ1v) is 9.06. The molecule has 23 heavy (non-hydrogen) atoms. The Morgan fingerprint density at radius 1 is 1.22 bits per heavy atom. The molecule has 2 heterocycles. The quantitative estimate of drug-likeness (QED) is 0.571. The van der Waals surface area contributed by atoms with E-state index in [0.29, 0.717) is 5.25 Å². The number of halogens is 1. The number of furan rings is 1. The second kappa shape index (κ2) is 8.27. The molecule has 0 saturated carbocycles. The average Bonchev–Trinajstić information content (AvgIpc) is 3.25. The van der Waals surface area contributed by atoms with Gasteiger partial charge in [0, 0.05) is 29.2 Å². The minimum Gasteiger partial charge on any atom is -0.468 e. The Kier molecular flexibility index (Phi) is 5.83. The van der Waals surface area contributed by atoms with E-state index >= 15 is 0 Å². The Morgan fingerprint density at radius 3 is 2.78 bits per heavy atom. The molecule has 120 valence electrons. The van der Waals surface area contributed by atoms with Crippen LogP contribution in [0.3, 0.4) is 0 Å². The number of thioether (sulfide) groups is 1. The molecule has 1 aromatic carbocycles. The fourth-order valence-electron chi connectivity index (χ4n) is 2.43. The van der Waals surface area contributed by atoms with Crippen molar-refractivity contribution in [2.75, 3.05) is 0 Å². The smallest absolute Gasteiger partial charge is 0.113 e. The highest BCUT2D eigenvalue weighted by molar-refractivity contribution is 7.99. The molecule has 3 nitrogen and oxygen atoms in total. The number of aryl methyl sites for hydroxylation is 1. The van der Waals surface area contributed by atoms with Gasteiger partial charge in [0.15, 0.2) is 0 Å². The summed E-state index contributed by atoms with van der Waals surface area (Å²) in [5, 5.41) is 1.29. The van der Waals surface area contributed by atoms with E-state index in [4.69, 9.17) is 16.0 Å². The first-order chi connectivity index (χ1) is 11.3. The van der Waals surface area contributed by atoms with Crippen LogP contribution in [0.5, 0.6) is 0 Å². The van der Waals surface area contributed by atoms with Crippen LogP contribution in [0.1, 0.15) is 17.7 Å². The minimum absolute atomic E-state index is 0.505. The standard InChI is InChI=1S/C18H19ClN2OS/c19-16-6-3-15(4-7-16)5-8-18(12-21-10-9-20-14-21)23-13-17-2-1-11-22-17/h1-4,6-7,9-11,14,18H,5,8,12-13H2. The first kappa shape index (κ1) is 16.2. The summed E-state index contributed by atoms with van der Waals surface area (Å²) in [6.07, 6.45) is 9.60. The molecule has 3 aromatic rings. The third-order valence-electron chi connectivity index (χ3n) is 3.68. The van der Waals surface area contributed by atoms with Gasteiger partial charge in [-0.2, -0.15) is 0 Å². The third-order valence-corrected chi connectivity index (χ3v) is 5.24. The molecule has 0 saturated heterocycles. The Balaban J connectivity index is 1.58. The van der Waals surface area contributed by atoms with Crippen molar-refractivity contribution in [3.05, 3.63) is 77.7 Å². The molecular formula is C18H19ClN2OS. The maximum Gasteiger partial charge on any atom is 0.113 e. The van der Waals surface area contributed by atoms with E-state index in [2.05, 4.69) is 21.7 Å². The fraction of sp³-hybridized carbons (Fsp3) is 0.278. The van der Waals surface area contributed by atoms with Gasteiger partial charge < -0.3 is 8.98 Å². The van der Waals surface area contributed by atoms with E-state index in [1.165, 1.54) is 5.56 Å². The molecule has 0 aliphatic rings. The van der Waals surface area contributed by atoms with Crippen molar-refractivity contribution >= 4 is 23.4 Å². The van der Waals surface area contributed by atoms with E-state index in [1.54, 1.807) is 6.26 Å². The van der Waals surface area contributed by atoms with Crippen molar-refractivity contribution in [3.8, 4) is 0 Å². The predicted octanol–water partition coefficient (Wildman–Crippen LogP) is 5.06. The number of rotatable bonds is 8. The van der Waals surface area contributed by atoms with Crippen LogP contribution in [0.25, 0.3) is 0 Å². The van der Waals surface area contributed by atoms with Crippen LogP contribution < -0.4 is 0 Å². The molecule has 1 atom stereocenters. The van der Waals surface area contributed by atoms with Gasteiger partial charge in [-0.25, -0.2) is 4.98 Å². The summed E-state index contributed by atoms with van der Waals surface area (Å²) in [5.74, 6) is 1.92. The van der Waals surface area contributed by atoms with Gasteiger partial charge in [-0.15, -0.1) is 11.8 Å². The van der Waals surface area contributed by atoms with Crippen molar-refractivity contribution in [1.82, 2.24) is 9.55 Å². The lowest BCUT2D eigenvalue weighted by Crippen LogP contribution is -2.13. The highest BCUT2D eigenvalue weighted by Gasteiger charge is 2.12. The van der Waals surface area contributed by atoms with Gasteiger partial charge in [-0.3, -0.25) is 0 Å². The van der Waals surface area contributed by atoms with Crippen LogP contribution in [0, 0.1) is 0 Å². The molecule has 0 aliphatic carbocycles. The lowest BCUT2D eigenvalue weighted by atomic mass is 10.1. The Labute approximate surface area is 145 Å². The summed E-state index contributed by atoms with van der Waals surface area (Å²) in [6, 6.07) is 12.1. The molecule has 0 aliphatic heterocycles. The number of hydrogen-bond acceptors (Lipinski definition) is 3. The molecule has 0 amide bonds. The molecule has 1 unspecified atom stereocenters. The molecule has 0 spiro atoms. The molecule has 3 rings (SSSR count). The van der Waals surface area contributed by atoms with Crippen molar-refractivity contribution in [3.63, 3.8) is 0 Å². The normalized spacial score (nSPS) is 12.4. The lowest BCUT2D eigenvalue weighted by molar-refractivity contribution is 0.529.